The second-order valence-electron chi connectivity index (χ2n) is 4.49. The molecule has 0 aliphatic heterocycles. The van der Waals surface area contributed by atoms with E-state index in [2.05, 4.69) is 17.4 Å². The molecule has 0 amide bonds. The Bertz CT molecular complexity index is 440. The molecule has 2 aromatic rings. The minimum absolute atomic E-state index is 0. The van der Waals surface area contributed by atoms with E-state index < -0.39 is 5.97 Å². The first kappa shape index (κ1) is 21.6. The SMILES string of the molecule is O=C(O)COCCOCCNCc1cc[cH-]c1.[Fe+2].c1cc[cH-]c1. The van der Waals surface area contributed by atoms with E-state index in [-0.39, 0.29) is 23.7 Å². The van der Waals surface area contributed by atoms with Crippen LogP contribution in [0.3, 0.4) is 0 Å². The van der Waals surface area contributed by atoms with Crippen LogP contribution in [0.5, 0.6) is 0 Å². The number of hydrogen-bond acceptors (Lipinski definition) is 4. The summed E-state index contributed by atoms with van der Waals surface area (Å²) in [6, 6.07) is 18.1. The van der Waals surface area contributed by atoms with Crippen LogP contribution >= 0.6 is 0 Å². The molecule has 2 N–H and O–H groups in total. The van der Waals surface area contributed by atoms with Gasteiger partial charge in [-0.2, -0.15) is 42.0 Å². The van der Waals surface area contributed by atoms with Gasteiger partial charge in [0.1, 0.15) is 6.61 Å². The third-order valence-corrected chi connectivity index (χ3v) is 2.64. The quantitative estimate of drug-likeness (QED) is 0.385. The number of carboxylic acids is 1. The molecule has 0 fully saturated rings. The second-order valence-corrected chi connectivity index (χ2v) is 4.49. The average molecular weight is 361 g/mol. The van der Waals surface area contributed by atoms with E-state index in [1.165, 1.54) is 5.56 Å². The van der Waals surface area contributed by atoms with Crippen LogP contribution < -0.4 is 5.32 Å². The average Bonchev–Trinajstić information content (AvgIpc) is 3.21. The molecule has 0 aromatic heterocycles. The Morgan fingerprint density at radius 1 is 1.09 bits per heavy atom. The molecule has 2 rings (SSSR count). The molecular weight excluding hydrogens is 338 g/mol. The van der Waals surface area contributed by atoms with Crippen LogP contribution in [0.4, 0.5) is 0 Å². The molecule has 0 saturated carbocycles. The van der Waals surface area contributed by atoms with Gasteiger partial charge in [-0.1, -0.05) is 0 Å². The second kappa shape index (κ2) is 15.5. The first-order valence-corrected chi connectivity index (χ1v) is 7.24. The van der Waals surface area contributed by atoms with Gasteiger partial charge in [-0.25, -0.2) is 23.0 Å². The van der Waals surface area contributed by atoms with E-state index in [4.69, 9.17) is 14.6 Å². The van der Waals surface area contributed by atoms with E-state index in [1.807, 2.05) is 42.5 Å². The van der Waals surface area contributed by atoms with Gasteiger partial charge in [0.15, 0.2) is 0 Å². The molecule has 0 saturated heterocycles. The van der Waals surface area contributed by atoms with Crippen molar-refractivity contribution in [1.29, 1.82) is 0 Å². The zero-order valence-electron chi connectivity index (χ0n) is 13.0. The molecule has 0 heterocycles. The van der Waals surface area contributed by atoms with E-state index in [0.29, 0.717) is 19.8 Å². The fourth-order valence-electron chi connectivity index (χ4n) is 1.61. The topological polar surface area (TPSA) is 67.8 Å². The molecular formula is C17H23FeNO4. The van der Waals surface area contributed by atoms with Gasteiger partial charge in [-0.05, 0) is 6.54 Å². The van der Waals surface area contributed by atoms with E-state index in [1.54, 1.807) is 0 Å². The Balaban J connectivity index is 0.000000684. The summed E-state index contributed by atoms with van der Waals surface area (Å²) in [7, 11) is 0. The maximum atomic E-state index is 10.1. The summed E-state index contributed by atoms with van der Waals surface area (Å²) < 4.78 is 10.1. The van der Waals surface area contributed by atoms with Crippen LogP contribution in [0, 0.1) is 0 Å². The molecule has 0 aliphatic rings. The maximum absolute atomic E-state index is 10.1. The Morgan fingerprint density at radius 3 is 2.39 bits per heavy atom. The number of ether oxygens (including phenoxy) is 2. The Morgan fingerprint density at radius 2 is 1.83 bits per heavy atom. The van der Waals surface area contributed by atoms with Crippen LogP contribution in [0.15, 0.2) is 54.6 Å². The van der Waals surface area contributed by atoms with Crippen molar-refractivity contribution in [1.82, 2.24) is 5.32 Å². The molecule has 0 bridgehead atoms. The van der Waals surface area contributed by atoms with Gasteiger partial charge in [-0.15, -0.1) is 0 Å². The Hall–Kier alpha value is -1.43. The predicted octanol–water partition coefficient (Wildman–Crippen LogP) is 2.02. The fourth-order valence-corrected chi connectivity index (χ4v) is 1.61. The fraction of sp³-hybridized carbons (Fsp3) is 0.353. The van der Waals surface area contributed by atoms with Gasteiger partial charge in [-0.3, -0.25) is 0 Å². The third-order valence-electron chi connectivity index (χ3n) is 2.64. The first-order valence-electron chi connectivity index (χ1n) is 7.24. The van der Waals surface area contributed by atoms with Gasteiger partial charge in [0, 0.05) is 6.54 Å². The van der Waals surface area contributed by atoms with Crippen LogP contribution in [-0.2, 0) is 37.9 Å². The number of carboxylic acid groups (broad SMARTS) is 1. The van der Waals surface area contributed by atoms with Gasteiger partial charge in [0.25, 0.3) is 0 Å². The molecule has 2 aromatic carbocycles. The number of hydrogen-bond donors (Lipinski definition) is 2. The van der Waals surface area contributed by atoms with Gasteiger partial charge >= 0.3 is 23.0 Å². The summed E-state index contributed by atoms with van der Waals surface area (Å²) in [6.45, 7) is 2.67. The number of rotatable bonds is 10. The summed E-state index contributed by atoms with van der Waals surface area (Å²) >= 11 is 0. The zero-order chi connectivity index (χ0) is 15.9. The minimum Gasteiger partial charge on any atom is -0.480 e. The summed E-state index contributed by atoms with van der Waals surface area (Å²) in [5.41, 5.74) is 1.26. The Kier molecular flexibility index (Phi) is 14.5. The largest absolute Gasteiger partial charge is 2.00 e. The normalized spacial score (nSPS) is 9.57. The van der Waals surface area contributed by atoms with Crippen molar-refractivity contribution in [3.63, 3.8) is 0 Å². The van der Waals surface area contributed by atoms with E-state index >= 15 is 0 Å². The van der Waals surface area contributed by atoms with Crippen molar-refractivity contribution in [3.8, 4) is 0 Å². The van der Waals surface area contributed by atoms with Crippen molar-refractivity contribution < 1.29 is 36.4 Å². The molecule has 0 radical (unpaired) electrons. The van der Waals surface area contributed by atoms with Crippen LogP contribution in [-0.4, -0.2) is 44.0 Å². The van der Waals surface area contributed by atoms with E-state index in [9.17, 15) is 4.79 Å². The van der Waals surface area contributed by atoms with Crippen LogP contribution in [0.25, 0.3) is 0 Å². The maximum Gasteiger partial charge on any atom is 2.00 e. The monoisotopic (exact) mass is 361 g/mol. The van der Waals surface area contributed by atoms with Gasteiger partial charge in [0.2, 0.25) is 0 Å². The molecule has 0 atom stereocenters. The molecule has 0 aliphatic carbocycles. The van der Waals surface area contributed by atoms with Crippen molar-refractivity contribution in [2.45, 2.75) is 6.54 Å². The molecule has 5 nitrogen and oxygen atoms in total. The van der Waals surface area contributed by atoms with E-state index in [0.717, 1.165) is 13.1 Å². The van der Waals surface area contributed by atoms with Crippen LogP contribution in [0.2, 0.25) is 0 Å². The van der Waals surface area contributed by atoms with Gasteiger partial charge in [0.05, 0.1) is 19.8 Å². The van der Waals surface area contributed by atoms with Crippen molar-refractivity contribution >= 4 is 5.97 Å². The third kappa shape index (κ3) is 13.9. The molecule has 23 heavy (non-hydrogen) atoms. The number of nitrogens with one attached hydrogen (secondary N) is 1. The molecule has 0 spiro atoms. The smallest absolute Gasteiger partial charge is 0.480 e. The van der Waals surface area contributed by atoms with Crippen molar-refractivity contribution in [2.24, 2.45) is 0 Å². The molecule has 128 valence electrons. The van der Waals surface area contributed by atoms with Crippen LogP contribution in [0.1, 0.15) is 5.56 Å². The predicted molar refractivity (Wildman–Crippen MR) is 85.1 cm³/mol. The van der Waals surface area contributed by atoms with Crippen molar-refractivity contribution in [3.05, 3.63) is 60.2 Å². The molecule has 6 heteroatoms. The standard InChI is InChI=1S/C12H18NO4.C5H5.Fe/c14-12(15)10-17-8-7-16-6-5-13-9-11-3-1-2-4-11;1-2-4-5-3-1;/h1-4,13H,5-10H2,(H,14,15);1-5H;/q2*-1;+2. The summed E-state index contributed by atoms with van der Waals surface area (Å²) in [6.07, 6.45) is 0. The van der Waals surface area contributed by atoms with Crippen molar-refractivity contribution in [2.75, 3.05) is 33.0 Å². The summed E-state index contributed by atoms with van der Waals surface area (Å²) in [4.78, 5) is 10.1. The summed E-state index contributed by atoms with van der Waals surface area (Å²) in [5.74, 6) is -0.957. The number of aliphatic carboxylic acids is 1. The Labute approximate surface area is 147 Å². The number of carbonyl (C=O) groups is 1. The molecule has 0 unspecified atom stereocenters. The minimum atomic E-state index is -0.957. The zero-order valence-corrected chi connectivity index (χ0v) is 14.1. The first-order chi connectivity index (χ1) is 10.8. The van der Waals surface area contributed by atoms with Gasteiger partial charge < -0.3 is 19.9 Å². The summed E-state index contributed by atoms with van der Waals surface area (Å²) in [5, 5.41) is 11.5.